The van der Waals surface area contributed by atoms with E-state index in [4.69, 9.17) is 5.73 Å². The predicted molar refractivity (Wildman–Crippen MR) is 77.6 cm³/mol. The number of nitrogen functional groups attached to an aromatic ring is 1. The van der Waals surface area contributed by atoms with Crippen molar-refractivity contribution >= 4 is 33.2 Å². The van der Waals surface area contributed by atoms with E-state index in [1.54, 1.807) is 12.1 Å². The van der Waals surface area contributed by atoms with Crippen LogP contribution in [0.5, 0.6) is 0 Å². The topological polar surface area (TPSA) is 55.1 Å². The van der Waals surface area contributed by atoms with Crippen molar-refractivity contribution in [2.75, 3.05) is 11.1 Å². The molecule has 2 rings (SSSR count). The average Bonchev–Trinajstić information content (AvgIpc) is 2.33. The van der Waals surface area contributed by atoms with Crippen molar-refractivity contribution in [2.45, 2.75) is 6.92 Å². The number of carbonyl (C=O) groups excluding carboxylic acids is 1. The van der Waals surface area contributed by atoms with Crippen LogP contribution in [-0.2, 0) is 0 Å². The lowest BCUT2D eigenvalue weighted by Gasteiger charge is -2.08. The maximum absolute atomic E-state index is 13.6. The van der Waals surface area contributed by atoms with E-state index in [1.807, 2.05) is 13.0 Å². The Morgan fingerprint density at radius 1 is 1.26 bits per heavy atom. The number of nitrogens with one attached hydrogen (secondary N) is 1. The Hall–Kier alpha value is -1.88. The van der Waals surface area contributed by atoms with Crippen molar-refractivity contribution in [1.82, 2.24) is 0 Å². The van der Waals surface area contributed by atoms with Crippen molar-refractivity contribution < 1.29 is 9.18 Å². The molecule has 0 aliphatic rings. The van der Waals surface area contributed by atoms with Gasteiger partial charge in [-0.3, -0.25) is 4.79 Å². The van der Waals surface area contributed by atoms with Crippen LogP contribution in [0, 0.1) is 12.7 Å². The molecule has 0 aromatic heterocycles. The van der Waals surface area contributed by atoms with E-state index in [0.717, 1.165) is 16.1 Å². The van der Waals surface area contributed by atoms with Gasteiger partial charge in [0.15, 0.2) is 0 Å². The summed E-state index contributed by atoms with van der Waals surface area (Å²) >= 11 is 3.37. The molecule has 0 saturated heterocycles. The molecule has 0 fully saturated rings. The third-order valence-corrected chi connectivity index (χ3v) is 3.54. The third-order valence-electron chi connectivity index (χ3n) is 2.65. The molecule has 0 bridgehead atoms. The highest BCUT2D eigenvalue weighted by atomic mass is 79.9. The summed E-state index contributed by atoms with van der Waals surface area (Å²) in [5.74, 6) is -1.13. The Labute approximate surface area is 118 Å². The van der Waals surface area contributed by atoms with Gasteiger partial charge in [-0.2, -0.15) is 0 Å². The lowest BCUT2D eigenvalue weighted by atomic mass is 10.1. The summed E-state index contributed by atoms with van der Waals surface area (Å²) in [5.41, 5.74) is 7.29. The van der Waals surface area contributed by atoms with Gasteiger partial charge in [0.25, 0.3) is 5.91 Å². The average molecular weight is 323 g/mol. The first-order chi connectivity index (χ1) is 8.97. The number of rotatable bonds is 2. The monoisotopic (exact) mass is 322 g/mol. The molecule has 3 nitrogen and oxygen atoms in total. The zero-order valence-electron chi connectivity index (χ0n) is 10.2. The van der Waals surface area contributed by atoms with Crippen molar-refractivity contribution in [2.24, 2.45) is 0 Å². The molecule has 0 saturated carbocycles. The Morgan fingerprint density at radius 2 is 2.00 bits per heavy atom. The highest BCUT2D eigenvalue weighted by molar-refractivity contribution is 9.10. The van der Waals surface area contributed by atoms with Crippen LogP contribution in [0.4, 0.5) is 15.8 Å². The van der Waals surface area contributed by atoms with E-state index in [1.165, 1.54) is 12.1 Å². The van der Waals surface area contributed by atoms with Crippen LogP contribution in [0.15, 0.2) is 40.9 Å². The summed E-state index contributed by atoms with van der Waals surface area (Å²) in [4.78, 5) is 11.9. The second kappa shape index (κ2) is 5.40. The fourth-order valence-corrected chi connectivity index (χ4v) is 1.88. The highest BCUT2D eigenvalue weighted by Crippen LogP contribution is 2.21. The molecule has 19 heavy (non-hydrogen) atoms. The number of hydrogen-bond donors (Lipinski definition) is 2. The second-order valence-electron chi connectivity index (χ2n) is 4.16. The summed E-state index contributed by atoms with van der Waals surface area (Å²) in [5, 5.41) is 2.65. The summed E-state index contributed by atoms with van der Waals surface area (Å²) in [7, 11) is 0. The normalized spacial score (nSPS) is 10.3. The summed E-state index contributed by atoms with van der Waals surface area (Å²) in [6, 6.07) is 9.35. The number of anilines is 2. The van der Waals surface area contributed by atoms with Gasteiger partial charge >= 0.3 is 0 Å². The molecule has 3 N–H and O–H groups in total. The Morgan fingerprint density at radius 3 is 2.63 bits per heavy atom. The van der Waals surface area contributed by atoms with Crippen molar-refractivity contribution in [3.05, 3.63) is 57.8 Å². The number of nitrogens with two attached hydrogens (primary N) is 1. The van der Waals surface area contributed by atoms with Crippen molar-refractivity contribution in [1.29, 1.82) is 0 Å². The molecular weight excluding hydrogens is 311 g/mol. The zero-order chi connectivity index (χ0) is 14.0. The van der Waals surface area contributed by atoms with Crippen molar-refractivity contribution in [3.8, 4) is 0 Å². The summed E-state index contributed by atoms with van der Waals surface area (Å²) < 4.78 is 14.5. The number of amides is 1. The number of carbonyl (C=O) groups is 1. The number of halogens is 2. The lowest BCUT2D eigenvalue weighted by molar-refractivity contribution is 0.102. The largest absolute Gasteiger partial charge is 0.399 e. The van der Waals surface area contributed by atoms with Crippen LogP contribution < -0.4 is 11.1 Å². The molecule has 0 heterocycles. The smallest absolute Gasteiger partial charge is 0.258 e. The minimum Gasteiger partial charge on any atom is -0.399 e. The minimum absolute atomic E-state index is 0.0326. The van der Waals surface area contributed by atoms with Gasteiger partial charge in [-0.25, -0.2) is 4.39 Å². The quantitative estimate of drug-likeness (QED) is 0.828. The lowest BCUT2D eigenvalue weighted by Crippen LogP contribution is -2.14. The Kier molecular flexibility index (Phi) is 3.85. The Balaban J connectivity index is 2.23. The molecule has 0 aliphatic heterocycles. The van der Waals surface area contributed by atoms with Gasteiger partial charge in [-0.05, 0) is 48.9 Å². The summed E-state index contributed by atoms with van der Waals surface area (Å²) in [6.45, 7) is 1.91. The highest BCUT2D eigenvalue weighted by Gasteiger charge is 2.12. The standard InChI is InChI=1S/C14H12BrFN2O/c1-8-6-10(3-5-12(8)15)18-14(19)11-4-2-9(17)7-13(11)16/h2-7H,17H2,1H3,(H,18,19). The molecule has 1 amide bonds. The molecule has 98 valence electrons. The SMILES string of the molecule is Cc1cc(NC(=O)c2ccc(N)cc2F)ccc1Br. The van der Waals surface area contributed by atoms with Crippen molar-refractivity contribution in [3.63, 3.8) is 0 Å². The molecule has 0 radical (unpaired) electrons. The first-order valence-corrected chi connectivity index (χ1v) is 6.39. The van der Waals surface area contributed by atoms with Gasteiger partial charge in [-0.1, -0.05) is 15.9 Å². The molecule has 0 spiro atoms. The molecule has 0 aliphatic carbocycles. The number of benzene rings is 2. The van der Waals surface area contributed by atoms with Crippen LogP contribution >= 0.6 is 15.9 Å². The maximum atomic E-state index is 13.6. The van der Waals surface area contributed by atoms with Crippen LogP contribution in [-0.4, -0.2) is 5.91 Å². The molecule has 5 heteroatoms. The molecule has 2 aromatic carbocycles. The van der Waals surface area contributed by atoms with E-state index in [0.29, 0.717) is 5.69 Å². The summed E-state index contributed by atoms with van der Waals surface area (Å²) in [6.07, 6.45) is 0. The van der Waals surface area contributed by atoms with Gasteiger partial charge in [0, 0.05) is 15.8 Å². The first-order valence-electron chi connectivity index (χ1n) is 5.60. The molecule has 0 unspecified atom stereocenters. The molecule has 0 atom stereocenters. The van der Waals surface area contributed by atoms with E-state index in [2.05, 4.69) is 21.2 Å². The fraction of sp³-hybridized carbons (Fsp3) is 0.0714. The maximum Gasteiger partial charge on any atom is 0.258 e. The second-order valence-corrected chi connectivity index (χ2v) is 5.01. The Bertz CT molecular complexity index is 643. The fourth-order valence-electron chi connectivity index (χ4n) is 1.64. The number of aryl methyl sites for hydroxylation is 1. The van der Waals surface area contributed by atoms with Crippen LogP contribution in [0.1, 0.15) is 15.9 Å². The van der Waals surface area contributed by atoms with Crippen LogP contribution in [0.25, 0.3) is 0 Å². The van der Waals surface area contributed by atoms with Crippen LogP contribution in [0.3, 0.4) is 0 Å². The zero-order valence-corrected chi connectivity index (χ0v) is 11.8. The van der Waals surface area contributed by atoms with Gasteiger partial charge in [0.2, 0.25) is 0 Å². The number of hydrogen-bond acceptors (Lipinski definition) is 2. The third kappa shape index (κ3) is 3.12. The molecular formula is C14H12BrFN2O. The van der Waals surface area contributed by atoms with Gasteiger partial charge in [0.1, 0.15) is 5.82 Å². The van der Waals surface area contributed by atoms with E-state index >= 15 is 0 Å². The minimum atomic E-state index is -0.633. The first kappa shape index (κ1) is 13.5. The van der Waals surface area contributed by atoms with E-state index < -0.39 is 11.7 Å². The van der Waals surface area contributed by atoms with Gasteiger partial charge < -0.3 is 11.1 Å². The van der Waals surface area contributed by atoms with Gasteiger partial charge in [-0.15, -0.1) is 0 Å². The van der Waals surface area contributed by atoms with Gasteiger partial charge in [0.05, 0.1) is 5.56 Å². The predicted octanol–water partition coefficient (Wildman–Crippen LogP) is 3.73. The van der Waals surface area contributed by atoms with E-state index in [9.17, 15) is 9.18 Å². The van der Waals surface area contributed by atoms with E-state index in [-0.39, 0.29) is 11.3 Å². The molecule has 2 aromatic rings. The van der Waals surface area contributed by atoms with Crippen LogP contribution in [0.2, 0.25) is 0 Å².